The van der Waals surface area contributed by atoms with Crippen molar-refractivity contribution in [3.05, 3.63) is 23.9 Å². The van der Waals surface area contributed by atoms with Gasteiger partial charge in [0.25, 0.3) is 5.91 Å². The Kier molecular flexibility index (Phi) is 5.42. The summed E-state index contributed by atoms with van der Waals surface area (Å²) in [7, 11) is 0. The van der Waals surface area contributed by atoms with Crippen molar-refractivity contribution in [1.29, 1.82) is 0 Å². The summed E-state index contributed by atoms with van der Waals surface area (Å²) in [5.41, 5.74) is 2.96. The van der Waals surface area contributed by atoms with Crippen LogP contribution in [0.1, 0.15) is 37.0 Å². The Morgan fingerprint density at radius 2 is 2.24 bits per heavy atom. The highest BCUT2D eigenvalue weighted by atomic mass is 16.1. The number of hydrazine groups is 1. The van der Waals surface area contributed by atoms with Crippen LogP contribution in [-0.4, -0.2) is 17.4 Å². The number of rotatable bonds is 6. The molecule has 0 fully saturated rings. The van der Waals surface area contributed by atoms with Crippen LogP contribution in [0.4, 0.5) is 5.82 Å². The zero-order valence-electron chi connectivity index (χ0n) is 10.4. The summed E-state index contributed by atoms with van der Waals surface area (Å²) in [5.74, 6) is 6.31. The number of nitrogen functional groups attached to an aromatic ring is 1. The van der Waals surface area contributed by atoms with E-state index in [9.17, 15) is 4.79 Å². The van der Waals surface area contributed by atoms with Gasteiger partial charge in [-0.2, -0.15) is 0 Å². The Morgan fingerprint density at radius 3 is 2.76 bits per heavy atom. The average molecular weight is 236 g/mol. The second-order valence-electron chi connectivity index (χ2n) is 4.37. The molecule has 0 aliphatic heterocycles. The molecule has 4 N–H and O–H groups in total. The molecule has 5 nitrogen and oxygen atoms in total. The van der Waals surface area contributed by atoms with Gasteiger partial charge in [0, 0.05) is 12.7 Å². The minimum atomic E-state index is -0.0928. The first-order chi connectivity index (χ1) is 8.13. The second kappa shape index (κ2) is 6.85. The maximum atomic E-state index is 11.7. The molecule has 1 rings (SSSR count). The normalized spacial score (nSPS) is 10.4. The van der Waals surface area contributed by atoms with E-state index in [2.05, 4.69) is 29.6 Å². The van der Waals surface area contributed by atoms with Crippen molar-refractivity contribution in [2.45, 2.75) is 26.7 Å². The van der Waals surface area contributed by atoms with Crippen LogP contribution in [0, 0.1) is 5.92 Å². The maximum absolute atomic E-state index is 11.7. The number of anilines is 1. The van der Waals surface area contributed by atoms with Crippen molar-refractivity contribution in [2.24, 2.45) is 11.8 Å². The van der Waals surface area contributed by atoms with Gasteiger partial charge in [-0.15, -0.1) is 0 Å². The molecule has 5 heteroatoms. The summed E-state index contributed by atoms with van der Waals surface area (Å²) in [6, 6.07) is 3.36. The van der Waals surface area contributed by atoms with Gasteiger partial charge in [0.15, 0.2) is 0 Å². The lowest BCUT2D eigenvalue weighted by molar-refractivity contribution is 0.0952. The Morgan fingerprint density at radius 1 is 1.47 bits per heavy atom. The molecular weight excluding hydrogens is 216 g/mol. The highest BCUT2D eigenvalue weighted by Crippen LogP contribution is 2.04. The quantitative estimate of drug-likeness (QED) is 0.397. The van der Waals surface area contributed by atoms with Gasteiger partial charge in [-0.3, -0.25) is 4.79 Å². The topological polar surface area (TPSA) is 80.0 Å². The first-order valence-corrected chi connectivity index (χ1v) is 5.84. The fourth-order valence-electron chi connectivity index (χ4n) is 1.43. The zero-order valence-corrected chi connectivity index (χ0v) is 10.4. The SMILES string of the molecule is CC(C)CCCNC(=O)c1ccc(NN)nc1. The summed E-state index contributed by atoms with van der Waals surface area (Å²) >= 11 is 0. The van der Waals surface area contributed by atoms with Crippen molar-refractivity contribution in [3.8, 4) is 0 Å². The summed E-state index contributed by atoms with van der Waals surface area (Å²) < 4.78 is 0. The van der Waals surface area contributed by atoms with Gasteiger partial charge in [-0.25, -0.2) is 10.8 Å². The fourth-order valence-corrected chi connectivity index (χ4v) is 1.43. The Labute approximate surface area is 102 Å². The third kappa shape index (κ3) is 4.82. The van der Waals surface area contributed by atoms with Crippen LogP contribution >= 0.6 is 0 Å². The van der Waals surface area contributed by atoms with Gasteiger partial charge in [0.1, 0.15) is 5.82 Å². The van der Waals surface area contributed by atoms with E-state index in [1.165, 1.54) is 6.20 Å². The number of nitrogens with one attached hydrogen (secondary N) is 2. The van der Waals surface area contributed by atoms with Crippen LogP contribution in [0.15, 0.2) is 18.3 Å². The van der Waals surface area contributed by atoms with Crippen LogP contribution in [0.5, 0.6) is 0 Å². The monoisotopic (exact) mass is 236 g/mol. The number of nitrogens with two attached hydrogens (primary N) is 1. The predicted octanol–water partition coefficient (Wildman–Crippen LogP) is 1.53. The third-order valence-electron chi connectivity index (χ3n) is 2.42. The Hall–Kier alpha value is -1.62. The van der Waals surface area contributed by atoms with Crippen LogP contribution in [0.2, 0.25) is 0 Å². The predicted molar refractivity (Wildman–Crippen MR) is 68.5 cm³/mol. The summed E-state index contributed by atoms with van der Waals surface area (Å²) in [6.07, 6.45) is 3.63. The molecule has 0 atom stereocenters. The number of hydrogen-bond acceptors (Lipinski definition) is 4. The molecule has 1 heterocycles. The van der Waals surface area contributed by atoms with E-state index in [-0.39, 0.29) is 5.91 Å². The van der Waals surface area contributed by atoms with E-state index in [1.807, 2.05) is 0 Å². The van der Waals surface area contributed by atoms with Gasteiger partial charge in [-0.05, 0) is 30.9 Å². The van der Waals surface area contributed by atoms with Crippen LogP contribution < -0.4 is 16.6 Å². The molecule has 1 amide bonds. The molecule has 1 aromatic rings. The van der Waals surface area contributed by atoms with Crippen molar-refractivity contribution in [3.63, 3.8) is 0 Å². The molecular formula is C12H20N4O. The number of carbonyl (C=O) groups is 1. The van der Waals surface area contributed by atoms with Gasteiger partial charge in [0.05, 0.1) is 5.56 Å². The zero-order chi connectivity index (χ0) is 12.7. The van der Waals surface area contributed by atoms with Crippen LogP contribution in [-0.2, 0) is 0 Å². The minimum absolute atomic E-state index is 0.0928. The molecule has 17 heavy (non-hydrogen) atoms. The Balaban J connectivity index is 2.36. The summed E-state index contributed by atoms with van der Waals surface area (Å²) in [6.45, 7) is 5.04. The molecule has 0 spiro atoms. The molecule has 94 valence electrons. The fraction of sp³-hybridized carbons (Fsp3) is 0.500. The van der Waals surface area contributed by atoms with E-state index in [0.29, 0.717) is 23.8 Å². The molecule has 0 aromatic carbocycles. The van der Waals surface area contributed by atoms with E-state index < -0.39 is 0 Å². The molecule has 0 saturated heterocycles. The van der Waals surface area contributed by atoms with Gasteiger partial charge >= 0.3 is 0 Å². The molecule has 0 bridgehead atoms. The van der Waals surface area contributed by atoms with Crippen molar-refractivity contribution < 1.29 is 4.79 Å². The lowest BCUT2D eigenvalue weighted by Gasteiger charge is -2.07. The molecule has 0 saturated carbocycles. The lowest BCUT2D eigenvalue weighted by Crippen LogP contribution is -2.24. The van der Waals surface area contributed by atoms with Crippen LogP contribution in [0.3, 0.4) is 0 Å². The van der Waals surface area contributed by atoms with Gasteiger partial charge in [0.2, 0.25) is 0 Å². The van der Waals surface area contributed by atoms with E-state index >= 15 is 0 Å². The molecule has 0 aliphatic carbocycles. The smallest absolute Gasteiger partial charge is 0.252 e. The van der Waals surface area contributed by atoms with Gasteiger partial charge in [-0.1, -0.05) is 13.8 Å². The van der Waals surface area contributed by atoms with Crippen molar-refractivity contribution in [2.75, 3.05) is 12.0 Å². The third-order valence-corrected chi connectivity index (χ3v) is 2.42. The van der Waals surface area contributed by atoms with Crippen molar-refractivity contribution >= 4 is 11.7 Å². The maximum Gasteiger partial charge on any atom is 0.252 e. The number of hydrogen-bond donors (Lipinski definition) is 3. The number of nitrogens with zero attached hydrogens (tertiary/aromatic N) is 1. The lowest BCUT2D eigenvalue weighted by atomic mass is 10.1. The second-order valence-corrected chi connectivity index (χ2v) is 4.37. The van der Waals surface area contributed by atoms with E-state index in [1.54, 1.807) is 12.1 Å². The highest BCUT2D eigenvalue weighted by Gasteiger charge is 2.05. The number of aromatic nitrogens is 1. The molecule has 1 aromatic heterocycles. The van der Waals surface area contributed by atoms with Crippen LogP contribution in [0.25, 0.3) is 0 Å². The summed E-state index contributed by atoms with van der Waals surface area (Å²) in [4.78, 5) is 15.7. The Bertz CT molecular complexity index is 348. The first-order valence-electron chi connectivity index (χ1n) is 5.84. The van der Waals surface area contributed by atoms with E-state index in [0.717, 1.165) is 12.8 Å². The summed E-state index contributed by atoms with van der Waals surface area (Å²) in [5, 5.41) is 2.86. The standard InChI is InChI=1S/C12H20N4O/c1-9(2)4-3-7-14-12(17)10-5-6-11(16-13)15-8-10/h5-6,8-9H,3-4,7,13H2,1-2H3,(H,14,17)(H,15,16). The largest absolute Gasteiger partial charge is 0.352 e. The number of amides is 1. The number of pyridine rings is 1. The molecule has 0 radical (unpaired) electrons. The highest BCUT2D eigenvalue weighted by molar-refractivity contribution is 5.93. The molecule has 0 aliphatic rings. The van der Waals surface area contributed by atoms with Crippen molar-refractivity contribution in [1.82, 2.24) is 10.3 Å². The number of carbonyl (C=O) groups excluding carboxylic acids is 1. The average Bonchev–Trinajstić information content (AvgIpc) is 2.34. The van der Waals surface area contributed by atoms with Gasteiger partial charge < -0.3 is 10.7 Å². The minimum Gasteiger partial charge on any atom is -0.352 e. The molecule has 0 unspecified atom stereocenters. The first kappa shape index (κ1) is 13.4. The van der Waals surface area contributed by atoms with E-state index in [4.69, 9.17) is 5.84 Å².